The molecule has 0 aliphatic carbocycles. The average molecular weight is 336 g/mol. The monoisotopic (exact) mass is 334 g/mol. The first-order chi connectivity index (χ1) is 7.79. The van der Waals surface area contributed by atoms with E-state index in [4.69, 9.17) is 0 Å². The average Bonchev–Trinajstić information content (AvgIpc) is 2.36. The molecule has 0 bridgehead atoms. The highest BCUT2D eigenvalue weighted by Crippen LogP contribution is 2.39. The normalized spacial score (nSPS) is 11.1. The first-order valence-corrected chi connectivity index (χ1v) is 6.62. The van der Waals surface area contributed by atoms with E-state index >= 15 is 0 Å². The lowest BCUT2D eigenvalue weighted by atomic mass is 10.0. The number of rotatable bonds is 0. The first-order valence-electron chi connectivity index (χ1n) is 5.03. The van der Waals surface area contributed by atoms with Crippen LogP contribution in [0.15, 0.2) is 57.5 Å². The second-order valence-corrected chi connectivity index (χ2v) is 5.31. The Morgan fingerprint density at radius 1 is 0.500 bits per heavy atom. The van der Waals surface area contributed by atoms with E-state index in [2.05, 4.69) is 80.4 Å². The van der Waals surface area contributed by atoms with Gasteiger partial charge in [0.05, 0.1) is 0 Å². The predicted octanol–water partition coefficient (Wildman–Crippen LogP) is 5.52. The molecular formula is C14H8Br2. The van der Waals surface area contributed by atoms with Gasteiger partial charge in [-0.15, -0.1) is 0 Å². The summed E-state index contributed by atoms with van der Waals surface area (Å²) in [5.74, 6) is 0. The lowest BCUT2D eigenvalue weighted by molar-refractivity contribution is 1.70. The number of hydrogen-bond donors (Lipinski definition) is 0. The molecule has 3 rings (SSSR count). The van der Waals surface area contributed by atoms with Crippen LogP contribution in [0.25, 0.3) is 21.5 Å². The van der Waals surface area contributed by atoms with Crippen molar-refractivity contribution in [2.45, 2.75) is 0 Å². The van der Waals surface area contributed by atoms with Gasteiger partial charge in [-0.2, -0.15) is 0 Å². The summed E-state index contributed by atoms with van der Waals surface area (Å²) in [4.78, 5) is 0. The Labute approximate surface area is 111 Å². The summed E-state index contributed by atoms with van der Waals surface area (Å²) >= 11 is 7.31. The van der Waals surface area contributed by atoms with E-state index in [1.807, 2.05) is 0 Å². The molecule has 0 fully saturated rings. The van der Waals surface area contributed by atoms with Gasteiger partial charge in [-0.25, -0.2) is 0 Å². The highest BCUT2D eigenvalue weighted by molar-refractivity contribution is 9.13. The molecular weight excluding hydrogens is 328 g/mol. The van der Waals surface area contributed by atoms with Crippen LogP contribution in [-0.4, -0.2) is 0 Å². The van der Waals surface area contributed by atoms with E-state index in [0.29, 0.717) is 0 Å². The first kappa shape index (κ1) is 10.3. The molecule has 78 valence electrons. The molecule has 0 radical (unpaired) electrons. The molecule has 0 N–H and O–H groups in total. The Morgan fingerprint density at radius 3 is 1.19 bits per heavy atom. The van der Waals surface area contributed by atoms with Crippen LogP contribution in [0.4, 0.5) is 0 Å². The van der Waals surface area contributed by atoms with E-state index in [0.717, 1.165) is 8.95 Å². The SMILES string of the molecule is Brc1c(Br)c2ccccc2c2ccccc12. The van der Waals surface area contributed by atoms with Gasteiger partial charge in [0.25, 0.3) is 0 Å². The minimum absolute atomic E-state index is 1.13. The Kier molecular flexibility index (Phi) is 2.49. The van der Waals surface area contributed by atoms with Crippen molar-refractivity contribution in [3.63, 3.8) is 0 Å². The van der Waals surface area contributed by atoms with E-state index in [9.17, 15) is 0 Å². The second kappa shape index (κ2) is 3.86. The zero-order valence-corrected chi connectivity index (χ0v) is 11.5. The van der Waals surface area contributed by atoms with Crippen LogP contribution in [0.1, 0.15) is 0 Å². The van der Waals surface area contributed by atoms with Gasteiger partial charge in [-0.1, -0.05) is 48.5 Å². The largest absolute Gasteiger partial charge is 0.0616 e. The van der Waals surface area contributed by atoms with E-state index < -0.39 is 0 Å². The van der Waals surface area contributed by atoms with Gasteiger partial charge in [0.15, 0.2) is 0 Å². The molecule has 3 aromatic carbocycles. The predicted molar refractivity (Wildman–Crippen MR) is 76.9 cm³/mol. The molecule has 3 aromatic rings. The minimum Gasteiger partial charge on any atom is -0.0616 e. The fourth-order valence-electron chi connectivity index (χ4n) is 2.06. The van der Waals surface area contributed by atoms with Crippen LogP contribution in [0, 0.1) is 0 Å². The maximum absolute atomic E-state index is 3.66. The fraction of sp³-hybridized carbons (Fsp3) is 0. The topological polar surface area (TPSA) is 0 Å². The summed E-state index contributed by atoms with van der Waals surface area (Å²) in [7, 11) is 0. The Hall–Kier alpha value is -0.860. The van der Waals surface area contributed by atoms with Crippen molar-refractivity contribution in [2.75, 3.05) is 0 Å². The van der Waals surface area contributed by atoms with E-state index in [1.165, 1.54) is 21.5 Å². The van der Waals surface area contributed by atoms with Crippen LogP contribution >= 0.6 is 31.9 Å². The number of halogens is 2. The molecule has 0 amide bonds. The highest BCUT2D eigenvalue weighted by atomic mass is 79.9. The summed E-state index contributed by atoms with van der Waals surface area (Å²) in [6.45, 7) is 0. The zero-order chi connectivity index (χ0) is 11.1. The van der Waals surface area contributed by atoms with Crippen LogP contribution in [0.3, 0.4) is 0 Å². The number of hydrogen-bond acceptors (Lipinski definition) is 0. The van der Waals surface area contributed by atoms with Crippen LogP contribution < -0.4 is 0 Å². The molecule has 0 heterocycles. The summed E-state index contributed by atoms with van der Waals surface area (Å²) < 4.78 is 2.25. The van der Waals surface area contributed by atoms with E-state index in [1.54, 1.807) is 0 Å². The van der Waals surface area contributed by atoms with Gasteiger partial charge in [0, 0.05) is 8.95 Å². The molecule has 0 saturated carbocycles. The van der Waals surface area contributed by atoms with Gasteiger partial charge in [0.2, 0.25) is 0 Å². The summed E-state index contributed by atoms with van der Waals surface area (Å²) in [6.07, 6.45) is 0. The Balaban J connectivity index is 2.69. The lowest BCUT2D eigenvalue weighted by Gasteiger charge is -2.09. The van der Waals surface area contributed by atoms with Gasteiger partial charge >= 0.3 is 0 Å². The molecule has 0 aliphatic rings. The highest BCUT2D eigenvalue weighted by Gasteiger charge is 2.09. The molecule has 0 unspecified atom stereocenters. The van der Waals surface area contributed by atoms with Gasteiger partial charge in [-0.05, 0) is 53.4 Å². The van der Waals surface area contributed by atoms with Crippen LogP contribution in [-0.2, 0) is 0 Å². The molecule has 0 nitrogen and oxygen atoms in total. The van der Waals surface area contributed by atoms with Crippen molar-refractivity contribution in [2.24, 2.45) is 0 Å². The minimum atomic E-state index is 1.13. The smallest absolute Gasteiger partial charge is 0.0402 e. The Morgan fingerprint density at radius 2 is 0.812 bits per heavy atom. The molecule has 16 heavy (non-hydrogen) atoms. The quantitative estimate of drug-likeness (QED) is 0.474. The van der Waals surface area contributed by atoms with Crippen molar-refractivity contribution in [3.8, 4) is 0 Å². The van der Waals surface area contributed by atoms with Crippen LogP contribution in [0.5, 0.6) is 0 Å². The molecule has 0 atom stereocenters. The molecule has 0 aromatic heterocycles. The van der Waals surface area contributed by atoms with E-state index in [-0.39, 0.29) is 0 Å². The maximum atomic E-state index is 3.66. The third-order valence-electron chi connectivity index (χ3n) is 2.81. The zero-order valence-electron chi connectivity index (χ0n) is 8.37. The van der Waals surface area contributed by atoms with Gasteiger partial charge in [-0.3, -0.25) is 0 Å². The standard InChI is InChI=1S/C14H8Br2/c15-13-11-7-3-1-5-9(11)10-6-2-4-8-12(10)14(13)16/h1-8H. The second-order valence-electron chi connectivity index (χ2n) is 3.72. The molecule has 2 heteroatoms. The fourth-order valence-corrected chi connectivity index (χ4v) is 3.17. The van der Waals surface area contributed by atoms with Crippen molar-refractivity contribution in [1.82, 2.24) is 0 Å². The molecule has 0 spiro atoms. The third kappa shape index (κ3) is 1.40. The van der Waals surface area contributed by atoms with Crippen molar-refractivity contribution >= 4 is 53.4 Å². The van der Waals surface area contributed by atoms with Gasteiger partial charge < -0.3 is 0 Å². The third-order valence-corrected chi connectivity index (χ3v) is 4.99. The Bertz CT molecular complexity index is 626. The van der Waals surface area contributed by atoms with Crippen molar-refractivity contribution in [3.05, 3.63) is 57.5 Å². The number of fused-ring (bicyclic) bond motifs is 3. The summed E-state index contributed by atoms with van der Waals surface area (Å²) in [5.41, 5.74) is 0. The van der Waals surface area contributed by atoms with Gasteiger partial charge in [0.1, 0.15) is 0 Å². The van der Waals surface area contributed by atoms with Crippen molar-refractivity contribution < 1.29 is 0 Å². The molecule has 0 saturated heterocycles. The lowest BCUT2D eigenvalue weighted by Crippen LogP contribution is -1.81. The summed E-state index contributed by atoms with van der Waals surface area (Å²) in [6, 6.07) is 16.9. The van der Waals surface area contributed by atoms with Crippen molar-refractivity contribution in [1.29, 1.82) is 0 Å². The summed E-state index contributed by atoms with van der Waals surface area (Å²) in [5, 5.41) is 5.06. The number of benzene rings is 3. The maximum Gasteiger partial charge on any atom is 0.0402 e. The molecule has 0 aliphatic heterocycles. The van der Waals surface area contributed by atoms with Crippen LogP contribution in [0.2, 0.25) is 0 Å².